The maximum Gasteiger partial charge on any atom is 0.415 e. The van der Waals surface area contributed by atoms with Crippen LogP contribution in [0.3, 0.4) is 0 Å². The summed E-state index contributed by atoms with van der Waals surface area (Å²) in [6.45, 7) is 2.55. The second kappa shape index (κ2) is 6.80. The van der Waals surface area contributed by atoms with E-state index in [2.05, 4.69) is 0 Å². The van der Waals surface area contributed by atoms with Crippen LogP contribution in [-0.2, 0) is 10.3 Å². The molecule has 0 radical (unpaired) electrons. The van der Waals surface area contributed by atoms with Crippen molar-refractivity contribution in [3.8, 4) is 16.9 Å². The van der Waals surface area contributed by atoms with E-state index in [9.17, 15) is 9.90 Å². The number of hydrogen-bond acceptors (Lipinski definition) is 3. The van der Waals surface area contributed by atoms with Gasteiger partial charge in [0.2, 0.25) is 0 Å². The normalized spacial score (nSPS) is 19.6. The van der Waals surface area contributed by atoms with Gasteiger partial charge in [-0.2, -0.15) is 0 Å². The summed E-state index contributed by atoms with van der Waals surface area (Å²) in [6, 6.07) is 24.7. The van der Waals surface area contributed by atoms with Gasteiger partial charge in [-0.05, 0) is 47.9 Å². The van der Waals surface area contributed by atoms with Gasteiger partial charge in [-0.15, -0.1) is 0 Å². The molecule has 0 spiro atoms. The molecule has 0 aliphatic carbocycles. The Hall–Kier alpha value is -3.27. The highest BCUT2D eigenvalue weighted by atomic mass is 16.6. The lowest BCUT2D eigenvalue weighted by Gasteiger charge is -2.39. The lowest BCUT2D eigenvalue weighted by Crippen LogP contribution is -2.46. The SMILES string of the molecule is C[C@]1(c2ccccc2)CCN(c2cccc(-c3ccc(O)cc3)c2)C(=O)O1. The van der Waals surface area contributed by atoms with Gasteiger partial charge in [-0.1, -0.05) is 54.6 Å². The van der Waals surface area contributed by atoms with Crippen molar-refractivity contribution in [1.82, 2.24) is 0 Å². The van der Waals surface area contributed by atoms with E-state index in [4.69, 9.17) is 4.74 Å². The fourth-order valence-corrected chi connectivity index (χ4v) is 3.45. The molecule has 0 unspecified atom stereocenters. The van der Waals surface area contributed by atoms with Crippen molar-refractivity contribution < 1.29 is 14.6 Å². The second-order valence-corrected chi connectivity index (χ2v) is 6.96. The highest BCUT2D eigenvalue weighted by Crippen LogP contribution is 2.36. The molecule has 0 bridgehead atoms. The molecule has 1 fully saturated rings. The standard InChI is InChI=1S/C23H21NO3/c1-23(19-7-3-2-4-8-19)14-15-24(22(26)27-23)20-9-5-6-18(16-20)17-10-12-21(25)13-11-17/h2-13,16,25H,14-15H2,1H3/t23-/m1/s1. The molecule has 1 atom stereocenters. The fourth-order valence-electron chi connectivity index (χ4n) is 3.45. The molecule has 1 amide bonds. The summed E-state index contributed by atoms with van der Waals surface area (Å²) in [6.07, 6.45) is 0.377. The van der Waals surface area contributed by atoms with Crippen LogP contribution in [0.4, 0.5) is 10.5 Å². The zero-order valence-electron chi connectivity index (χ0n) is 15.1. The number of rotatable bonds is 3. The van der Waals surface area contributed by atoms with Gasteiger partial charge in [0.25, 0.3) is 0 Å². The monoisotopic (exact) mass is 359 g/mol. The maximum atomic E-state index is 12.7. The minimum Gasteiger partial charge on any atom is -0.508 e. The van der Waals surface area contributed by atoms with Gasteiger partial charge in [0.05, 0.1) is 0 Å². The third kappa shape index (κ3) is 3.38. The number of phenolic OH excluding ortho intramolecular Hbond substituents is 1. The summed E-state index contributed by atoms with van der Waals surface area (Å²) in [5, 5.41) is 9.47. The van der Waals surface area contributed by atoms with Crippen molar-refractivity contribution in [2.24, 2.45) is 0 Å². The molecule has 1 saturated heterocycles. The molecule has 4 nitrogen and oxygen atoms in total. The van der Waals surface area contributed by atoms with Crippen LogP contribution in [0.15, 0.2) is 78.9 Å². The molecule has 3 aromatic carbocycles. The Morgan fingerprint density at radius 2 is 1.67 bits per heavy atom. The van der Waals surface area contributed by atoms with Crippen molar-refractivity contribution in [2.75, 3.05) is 11.4 Å². The number of benzene rings is 3. The van der Waals surface area contributed by atoms with Crippen LogP contribution in [0.25, 0.3) is 11.1 Å². The number of hydrogen-bond donors (Lipinski definition) is 1. The summed E-state index contributed by atoms with van der Waals surface area (Å²) in [5.74, 6) is 0.231. The molecular formula is C23H21NO3. The summed E-state index contributed by atoms with van der Waals surface area (Å²) in [7, 11) is 0. The summed E-state index contributed by atoms with van der Waals surface area (Å²) >= 11 is 0. The Labute approximate surface area is 158 Å². The molecule has 0 aromatic heterocycles. The van der Waals surface area contributed by atoms with Crippen LogP contribution in [-0.4, -0.2) is 17.7 Å². The summed E-state index contributed by atoms with van der Waals surface area (Å²) in [4.78, 5) is 14.4. The first kappa shape index (κ1) is 17.2. The van der Waals surface area contributed by atoms with Crippen LogP contribution in [0.2, 0.25) is 0 Å². The second-order valence-electron chi connectivity index (χ2n) is 6.96. The number of ether oxygens (including phenoxy) is 1. The average Bonchev–Trinajstić information content (AvgIpc) is 2.69. The Bertz CT molecular complexity index is 953. The van der Waals surface area contributed by atoms with Crippen LogP contribution in [0, 0.1) is 0 Å². The predicted molar refractivity (Wildman–Crippen MR) is 106 cm³/mol. The number of anilines is 1. The van der Waals surface area contributed by atoms with Crippen molar-refractivity contribution in [3.05, 3.63) is 84.4 Å². The molecular weight excluding hydrogens is 338 g/mol. The number of nitrogens with zero attached hydrogens (tertiary/aromatic N) is 1. The molecule has 4 rings (SSSR count). The van der Waals surface area contributed by atoms with Gasteiger partial charge in [-0.3, -0.25) is 4.90 Å². The Kier molecular flexibility index (Phi) is 4.32. The van der Waals surface area contributed by atoms with Gasteiger partial charge in [0.15, 0.2) is 0 Å². The lowest BCUT2D eigenvalue weighted by molar-refractivity contribution is 0.00583. The van der Waals surface area contributed by atoms with E-state index in [0.29, 0.717) is 13.0 Å². The quantitative estimate of drug-likeness (QED) is 0.688. The number of carbonyl (C=O) groups is 1. The molecule has 1 N–H and O–H groups in total. The third-order valence-electron chi connectivity index (χ3n) is 5.09. The van der Waals surface area contributed by atoms with E-state index in [1.807, 2.05) is 73.7 Å². The molecule has 1 aliphatic rings. The summed E-state index contributed by atoms with van der Waals surface area (Å²) in [5.41, 5.74) is 3.17. The van der Waals surface area contributed by atoms with E-state index in [0.717, 1.165) is 22.4 Å². The first-order chi connectivity index (χ1) is 13.0. The minimum absolute atomic E-state index is 0.231. The zero-order valence-corrected chi connectivity index (χ0v) is 15.1. The van der Waals surface area contributed by atoms with E-state index >= 15 is 0 Å². The largest absolute Gasteiger partial charge is 0.508 e. The number of cyclic esters (lactones) is 1. The first-order valence-electron chi connectivity index (χ1n) is 9.01. The van der Waals surface area contributed by atoms with Crippen LogP contribution < -0.4 is 4.90 Å². The maximum absolute atomic E-state index is 12.7. The number of amides is 1. The molecule has 1 heterocycles. The highest BCUT2D eigenvalue weighted by Gasteiger charge is 2.38. The highest BCUT2D eigenvalue weighted by molar-refractivity contribution is 5.89. The zero-order chi connectivity index (χ0) is 18.9. The Morgan fingerprint density at radius 1 is 0.926 bits per heavy atom. The van der Waals surface area contributed by atoms with E-state index in [1.165, 1.54) is 0 Å². The molecule has 1 aliphatic heterocycles. The molecule has 3 aromatic rings. The van der Waals surface area contributed by atoms with Gasteiger partial charge < -0.3 is 9.84 Å². The molecule has 4 heteroatoms. The van der Waals surface area contributed by atoms with E-state index in [1.54, 1.807) is 17.0 Å². The number of aromatic hydroxyl groups is 1. The average molecular weight is 359 g/mol. The van der Waals surface area contributed by atoms with E-state index < -0.39 is 5.60 Å². The smallest absolute Gasteiger partial charge is 0.415 e. The third-order valence-corrected chi connectivity index (χ3v) is 5.09. The fraction of sp³-hybridized carbons (Fsp3) is 0.174. The minimum atomic E-state index is -0.608. The number of carbonyl (C=O) groups excluding carboxylic acids is 1. The topological polar surface area (TPSA) is 49.8 Å². The van der Waals surface area contributed by atoms with Crippen molar-refractivity contribution >= 4 is 11.8 Å². The summed E-state index contributed by atoms with van der Waals surface area (Å²) < 4.78 is 5.84. The van der Waals surface area contributed by atoms with Crippen molar-refractivity contribution in [2.45, 2.75) is 18.9 Å². The van der Waals surface area contributed by atoms with Crippen molar-refractivity contribution in [1.29, 1.82) is 0 Å². The lowest BCUT2D eigenvalue weighted by atomic mass is 9.91. The molecule has 27 heavy (non-hydrogen) atoms. The Balaban J connectivity index is 1.58. The number of phenols is 1. The van der Waals surface area contributed by atoms with Gasteiger partial charge in [0.1, 0.15) is 11.4 Å². The van der Waals surface area contributed by atoms with Crippen molar-refractivity contribution in [3.63, 3.8) is 0 Å². The van der Waals surface area contributed by atoms with Crippen LogP contribution >= 0.6 is 0 Å². The van der Waals surface area contributed by atoms with Crippen LogP contribution in [0.5, 0.6) is 5.75 Å². The van der Waals surface area contributed by atoms with Gasteiger partial charge in [0, 0.05) is 18.7 Å². The van der Waals surface area contributed by atoms with Gasteiger partial charge in [-0.25, -0.2) is 4.79 Å². The molecule has 136 valence electrons. The first-order valence-corrected chi connectivity index (χ1v) is 9.01. The predicted octanol–water partition coefficient (Wildman–Crippen LogP) is 5.32. The molecule has 0 saturated carbocycles. The Morgan fingerprint density at radius 3 is 2.37 bits per heavy atom. The van der Waals surface area contributed by atoms with E-state index in [-0.39, 0.29) is 11.8 Å². The van der Waals surface area contributed by atoms with Crippen LogP contribution in [0.1, 0.15) is 18.9 Å². The van der Waals surface area contributed by atoms with Gasteiger partial charge >= 0.3 is 6.09 Å².